The molecule has 1 atom stereocenters. The monoisotopic (exact) mass is 268 g/mol. The first kappa shape index (κ1) is 15.1. The lowest BCUT2D eigenvalue weighted by Crippen LogP contribution is -2.49. The number of aliphatic carboxylic acids is 1. The van der Waals surface area contributed by atoms with Crippen molar-refractivity contribution in [1.29, 1.82) is 0 Å². The predicted octanol–water partition coefficient (Wildman–Crippen LogP) is 1.92. The molecule has 1 aromatic rings. The molecule has 19 heavy (non-hydrogen) atoms. The molecule has 0 aliphatic heterocycles. The molecule has 1 rings (SSSR count). The molecule has 1 heterocycles. The van der Waals surface area contributed by atoms with Crippen LogP contribution in [0.5, 0.6) is 0 Å². The van der Waals surface area contributed by atoms with Gasteiger partial charge in [0, 0.05) is 6.54 Å². The van der Waals surface area contributed by atoms with Crippen molar-refractivity contribution in [2.45, 2.75) is 33.4 Å². The average Bonchev–Trinajstić information content (AvgIpc) is 2.84. The van der Waals surface area contributed by atoms with Crippen LogP contribution in [0.4, 0.5) is 4.79 Å². The topological polar surface area (TPSA) is 82.8 Å². The summed E-state index contributed by atoms with van der Waals surface area (Å²) in [5, 5.41) is 11.6. The van der Waals surface area contributed by atoms with Gasteiger partial charge in [0.2, 0.25) is 0 Å². The molecule has 1 aromatic heterocycles. The Morgan fingerprint density at radius 2 is 2.16 bits per heavy atom. The number of carbonyl (C=O) groups is 2. The summed E-state index contributed by atoms with van der Waals surface area (Å²) in [5.41, 5.74) is 0. The Balaban J connectivity index is 2.65. The van der Waals surface area contributed by atoms with Crippen LogP contribution in [0.3, 0.4) is 0 Å². The van der Waals surface area contributed by atoms with Gasteiger partial charge in [-0.2, -0.15) is 0 Å². The fourth-order valence-electron chi connectivity index (χ4n) is 1.66. The summed E-state index contributed by atoms with van der Waals surface area (Å²) in [4.78, 5) is 24.6. The minimum Gasteiger partial charge on any atom is -0.480 e. The van der Waals surface area contributed by atoms with E-state index in [2.05, 4.69) is 5.32 Å². The highest BCUT2D eigenvalue weighted by atomic mass is 16.4. The smallest absolute Gasteiger partial charge is 0.326 e. The van der Waals surface area contributed by atoms with Gasteiger partial charge in [0.05, 0.1) is 12.8 Å². The molecule has 106 valence electrons. The summed E-state index contributed by atoms with van der Waals surface area (Å²) in [6.07, 6.45) is 1.54. The van der Waals surface area contributed by atoms with Crippen LogP contribution in [0.25, 0.3) is 0 Å². The Hall–Kier alpha value is -1.98. The van der Waals surface area contributed by atoms with Crippen LogP contribution in [-0.2, 0) is 11.3 Å². The maximum absolute atomic E-state index is 12.0. The van der Waals surface area contributed by atoms with Crippen molar-refractivity contribution in [2.75, 3.05) is 6.54 Å². The molecule has 2 amide bonds. The lowest BCUT2D eigenvalue weighted by Gasteiger charge is -2.24. The predicted molar refractivity (Wildman–Crippen MR) is 69.6 cm³/mol. The van der Waals surface area contributed by atoms with Gasteiger partial charge in [-0.15, -0.1) is 0 Å². The van der Waals surface area contributed by atoms with Gasteiger partial charge in [-0.1, -0.05) is 13.8 Å². The van der Waals surface area contributed by atoms with E-state index in [0.29, 0.717) is 18.8 Å². The third-order valence-electron chi connectivity index (χ3n) is 2.81. The van der Waals surface area contributed by atoms with E-state index in [0.717, 1.165) is 0 Å². The van der Waals surface area contributed by atoms with Crippen molar-refractivity contribution >= 4 is 12.0 Å². The van der Waals surface area contributed by atoms with Crippen LogP contribution in [0.2, 0.25) is 0 Å². The van der Waals surface area contributed by atoms with Crippen molar-refractivity contribution in [3.8, 4) is 0 Å². The summed E-state index contributed by atoms with van der Waals surface area (Å²) in [6, 6.07) is 2.22. The Bertz CT molecular complexity index is 414. The highest BCUT2D eigenvalue weighted by molar-refractivity contribution is 5.82. The van der Waals surface area contributed by atoms with E-state index in [-0.39, 0.29) is 5.92 Å². The first-order chi connectivity index (χ1) is 8.95. The maximum Gasteiger partial charge on any atom is 0.326 e. The number of carboxylic acid groups (broad SMARTS) is 1. The highest BCUT2D eigenvalue weighted by Gasteiger charge is 2.25. The third kappa shape index (κ3) is 4.31. The Kier molecular flexibility index (Phi) is 5.41. The van der Waals surface area contributed by atoms with Crippen LogP contribution in [-0.4, -0.2) is 34.6 Å². The minimum absolute atomic E-state index is 0.177. The number of nitrogens with one attached hydrogen (secondary N) is 1. The molecule has 0 spiro atoms. The largest absolute Gasteiger partial charge is 0.480 e. The van der Waals surface area contributed by atoms with Gasteiger partial charge in [-0.3, -0.25) is 0 Å². The number of hydrogen-bond acceptors (Lipinski definition) is 3. The molecule has 0 unspecified atom stereocenters. The summed E-state index contributed by atoms with van der Waals surface area (Å²) < 4.78 is 5.18. The van der Waals surface area contributed by atoms with Gasteiger partial charge in [0.15, 0.2) is 0 Å². The van der Waals surface area contributed by atoms with Crippen LogP contribution in [0.1, 0.15) is 26.5 Å². The number of furan rings is 1. The SMILES string of the molecule is CCN(Cc1ccco1)C(=O)N[C@@H](C(=O)O)C(C)C. The lowest BCUT2D eigenvalue weighted by atomic mass is 10.1. The summed E-state index contributed by atoms with van der Waals surface area (Å²) >= 11 is 0. The first-order valence-corrected chi connectivity index (χ1v) is 6.26. The number of hydrogen-bond donors (Lipinski definition) is 2. The van der Waals surface area contributed by atoms with Crippen LogP contribution in [0, 0.1) is 5.92 Å². The molecular weight excluding hydrogens is 248 g/mol. The number of rotatable bonds is 6. The Morgan fingerprint density at radius 1 is 1.47 bits per heavy atom. The van der Waals surface area contributed by atoms with Gasteiger partial charge >= 0.3 is 12.0 Å². The second kappa shape index (κ2) is 6.82. The summed E-state index contributed by atoms with van der Waals surface area (Å²) in [7, 11) is 0. The normalized spacial score (nSPS) is 12.2. The number of nitrogens with zero attached hydrogens (tertiary/aromatic N) is 1. The quantitative estimate of drug-likeness (QED) is 0.825. The van der Waals surface area contributed by atoms with Gasteiger partial charge < -0.3 is 19.7 Å². The van der Waals surface area contributed by atoms with Crippen LogP contribution >= 0.6 is 0 Å². The molecule has 6 heteroatoms. The van der Waals surface area contributed by atoms with Crippen molar-refractivity contribution in [3.63, 3.8) is 0 Å². The Labute approximate surface area is 112 Å². The van der Waals surface area contributed by atoms with E-state index in [9.17, 15) is 9.59 Å². The minimum atomic E-state index is -1.03. The second-order valence-electron chi connectivity index (χ2n) is 4.60. The highest BCUT2D eigenvalue weighted by Crippen LogP contribution is 2.07. The van der Waals surface area contributed by atoms with E-state index in [1.807, 2.05) is 6.92 Å². The van der Waals surface area contributed by atoms with Gasteiger partial charge in [-0.25, -0.2) is 9.59 Å². The van der Waals surface area contributed by atoms with Crippen molar-refractivity contribution in [3.05, 3.63) is 24.2 Å². The van der Waals surface area contributed by atoms with E-state index < -0.39 is 18.0 Å². The lowest BCUT2D eigenvalue weighted by molar-refractivity contribution is -0.140. The maximum atomic E-state index is 12.0. The molecule has 0 bridgehead atoms. The Morgan fingerprint density at radius 3 is 2.58 bits per heavy atom. The van der Waals surface area contributed by atoms with Crippen molar-refractivity contribution in [1.82, 2.24) is 10.2 Å². The zero-order valence-corrected chi connectivity index (χ0v) is 11.4. The molecule has 0 saturated heterocycles. The van der Waals surface area contributed by atoms with Gasteiger partial charge in [0.25, 0.3) is 0 Å². The van der Waals surface area contributed by atoms with Crippen molar-refractivity contribution < 1.29 is 19.1 Å². The van der Waals surface area contributed by atoms with Gasteiger partial charge in [0.1, 0.15) is 11.8 Å². The zero-order chi connectivity index (χ0) is 14.4. The molecule has 6 nitrogen and oxygen atoms in total. The molecule has 0 fully saturated rings. The molecule has 0 radical (unpaired) electrons. The van der Waals surface area contributed by atoms with E-state index in [1.54, 1.807) is 26.0 Å². The zero-order valence-electron chi connectivity index (χ0n) is 11.4. The van der Waals surface area contributed by atoms with Crippen LogP contribution in [0.15, 0.2) is 22.8 Å². The standard InChI is InChI=1S/C13H20N2O4/c1-4-15(8-10-6-5-7-19-10)13(18)14-11(9(2)3)12(16)17/h5-7,9,11H,4,8H2,1-3H3,(H,14,18)(H,16,17)/t11-/m1/s1. The molecule has 2 N–H and O–H groups in total. The second-order valence-corrected chi connectivity index (χ2v) is 4.60. The summed E-state index contributed by atoms with van der Waals surface area (Å²) in [5.74, 6) is -0.547. The van der Waals surface area contributed by atoms with Crippen LogP contribution < -0.4 is 5.32 Å². The first-order valence-electron chi connectivity index (χ1n) is 6.26. The van der Waals surface area contributed by atoms with E-state index >= 15 is 0 Å². The molecule has 0 saturated carbocycles. The number of amides is 2. The average molecular weight is 268 g/mol. The third-order valence-corrected chi connectivity index (χ3v) is 2.81. The molecule has 0 aliphatic carbocycles. The number of urea groups is 1. The number of carboxylic acids is 1. The summed E-state index contributed by atoms with van der Waals surface area (Å²) in [6.45, 7) is 6.12. The fourth-order valence-corrected chi connectivity index (χ4v) is 1.66. The molecule has 0 aromatic carbocycles. The fraction of sp³-hybridized carbons (Fsp3) is 0.538. The van der Waals surface area contributed by atoms with E-state index in [4.69, 9.17) is 9.52 Å². The molecular formula is C13H20N2O4. The number of carbonyl (C=O) groups excluding carboxylic acids is 1. The van der Waals surface area contributed by atoms with Gasteiger partial charge in [-0.05, 0) is 25.0 Å². The van der Waals surface area contributed by atoms with Crippen molar-refractivity contribution in [2.24, 2.45) is 5.92 Å². The van der Waals surface area contributed by atoms with E-state index in [1.165, 1.54) is 11.2 Å². The molecule has 0 aliphatic rings.